The number of nitrogens with zero attached hydrogens (tertiary/aromatic N) is 4. The van der Waals surface area contributed by atoms with Gasteiger partial charge in [0.05, 0.1) is 6.04 Å². The number of aryl methyl sites for hydroxylation is 2. The van der Waals surface area contributed by atoms with Crippen molar-refractivity contribution in [2.45, 2.75) is 58.5 Å². The van der Waals surface area contributed by atoms with Gasteiger partial charge in [-0.25, -0.2) is 15.0 Å². The quantitative estimate of drug-likeness (QED) is 0.868. The van der Waals surface area contributed by atoms with E-state index in [2.05, 4.69) is 47.0 Å². The molecule has 0 aliphatic carbocycles. The van der Waals surface area contributed by atoms with Crippen LogP contribution in [0.25, 0.3) is 0 Å². The van der Waals surface area contributed by atoms with Crippen LogP contribution in [0.2, 0.25) is 0 Å². The second kappa shape index (κ2) is 8.03. The van der Waals surface area contributed by atoms with E-state index >= 15 is 0 Å². The summed E-state index contributed by atoms with van der Waals surface area (Å²) in [7, 11) is 0. The Morgan fingerprint density at radius 3 is 2.79 bits per heavy atom. The molecule has 1 atom stereocenters. The third kappa shape index (κ3) is 4.30. The number of hydrogen-bond donors (Lipinski definition) is 1. The lowest BCUT2D eigenvalue weighted by Crippen LogP contribution is -2.43. The lowest BCUT2D eigenvalue weighted by molar-refractivity contribution is 0.379. The zero-order chi connectivity index (χ0) is 16.9. The summed E-state index contributed by atoms with van der Waals surface area (Å²) in [5, 5.41) is 6.94. The summed E-state index contributed by atoms with van der Waals surface area (Å²) in [6, 6.07) is 3.00. The predicted octanol–water partition coefficient (Wildman–Crippen LogP) is 3.51. The minimum atomic E-state index is 0.332. The van der Waals surface area contributed by atoms with Crippen LogP contribution in [0.5, 0.6) is 0 Å². The second-order valence-corrected chi connectivity index (χ2v) is 7.48. The summed E-state index contributed by atoms with van der Waals surface area (Å²) in [4.78, 5) is 16.1. The van der Waals surface area contributed by atoms with Gasteiger partial charge in [-0.15, -0.1) is 11.3 Å². The van der Waals surface area contributed by atoms with Crippen LogP contribution in [0, 0.1) is 6.92 Å². The third-order valence-electron chi connectivity index (χ3n) is 4.49. The fourth-order valence-electron chi connectivity index (χ4n) is 3.26. The predicted molar refractivity (Wildman–Crippen MR) is 99.7 cm³/mol. The van der Waals surface area contributed by atoms with Crippen molar-refractivity contribution in [3.8, 4) is 0 Å². The maximum absolute atomic E-state index is 4.76. The number of thiazole rings is 1. The highest BCUT2D eigenvalue weighted by molar-refractivity contribution is 7.09. The fourth-order valence-corrected chi connectivity index (χ4v) is 3.91. The smallest absolute Gasteiger partial charge is 0.132 e. The molecular formula is C18H27N5S. The van der Waals surface area contributed by atoms with Gasteiger partial charge in [0.1, 0.15) is 16.6 Å². The number of nitrogens with one attached hydrogen (secondary N) is 1. The largest absolute Gasteiger partial charge is 0.356 e. The number of piperidine rings is 1. The van der Waals surface area contributed by atoms with Gasteiger partial charge in [0.25, 0.3) is 0 Å². The van der Waals surface area contributed by atoms with Gasteiger partial charge in [-0.3, -0.25) is 0 Å². The highest BCUT2D eigenvalue weighted by Gasteiger charge is 2.22. The topological polar surface area (TPSA) is 53.9 Å². The fraction of sp³-hybridized carbons (Fsp3) is 0.611. The molecule has 0 radical (unpaired) electrons. The van der Waals surface area contributed by atoms with Crippen LogP contribution in [0.15, 0.2) is 17.6 Å². The number of anilines is 1. The molecule has 1 unspecified atom stereocenters. The van der Waals surface area contributed by atoms with Gasteiger partial charge in [0, 0.05) is 48.9 Å². The Morgan fingerprint density at radius 1 is 1.33 bits per heavy atom. The first-order valence-electron chi connectivity index (χ1n) is 8.90. The van der Waals surface area contributed by atoms with Gasteiger partial charge >= 0.3 is 0 Å². The molecule has 0 bridgehead atoms. The molecule has 0 amide bonds. The molecule has 24 heavy (non-hydrogen) atoms. The Balaban J connectivity index is 1.57. The molecule has 1 aliphatic heterocycles. The van der Waals surface area contributed by atoms with Crippen molar-refractivity contribution in [3.63, 3.8) is 0 Å². The Kier molecular flexibility index (Phi) is 5.79. The van der Waals surface area contributed by atoms with Crippen LogP contribution in [-0.2, 0) is 6.42 Å². The maximum atomic E-state index is 4.76. The van der Waals surface area contributed by atoms with Crippen molar-refractivity contribution in [1.82, 2.24) is 20.3 Å². The molecule has 2 aromatic heterocycles. The van der Waals surface area contributed by atoms with Crippen LogP contribution in [0.4, 0.5) is 5.82 Å². The van der Waals surface area contributed by atoms with Gasteiger partial charge in [-0.05, 0) is 33.1 Å². The molecule has 1 fully saturated rings. The van der Waals surface area contributed by atoms with E-state index in [0.29, 0.717) is 12.1 Å². The van der Waals surface area contributed by atoms with Crippen molar-refractivity contribution in [2.75, 3.05) is 18.0 Å². The van der Waals surface area contributed by atoms with Crippen molar-refractivity contribution < 1.29 is 0 Å². The lowest BCUT2D eigenvalue weighted by atomic mass is 10.0. The molecular weight excluding hydrogens is 318 g/mol. The monoisotopic (exact) mass is 345 g/mol. The van der Waals surface area contributed by atoms with Crippen molar-refractivity contribution in [1.29, 1.82) is 0 Å². The molecule has 3 heterocycles. The summed E-state index contributed by atoms with van der Waals surface area (Å²) in [6.45, 7) is 8.53. The normalized spacial score (nSPS) is 17.2. The number of hydrogen-bond acceptors (Lipinski definition) is 6. The van der Waals surface area contributed by atoms with Crippen LogP contribution < -0.4 is 10.2 Å². The van der Waals surface area contributed by atoms with E-state index in [1.54, 1.807) is 11.3 Å². The van der Waals surface area contributed by atoms with E-state index in [1.807, 2.05) is 11.6 Å². The Labute approximate surface area is 148 Å². The molecule has 3 rings (SSSR count). The molecule has 1 saturated heterocycles. The van der Waals surface area contributed by atoms with Crippen molar-refractivity contribution >= 4 is 17.2 Å². The van der Waals surface area contributed by atoms with Crippen LogP contribution >= 0.6 is 11.3 Å². The first kappa shape index (κ1) is 17.3. The van der Waals surface area contributed by atoms with Crippen molar-refractivity contribution in [2.24, 2.45) is 0 Å². The van der Waals surface area contributed by atoms with Crippen LogP contribution in [0.3, 0.4) is 0 Å². The van der Waals surface area contributed by atoms with Crippen LogP contribution in [0.1, 0.15) is 55.7 Å². The minimum Gasteiger partial charge on any atom is -0.356 e. The van der Waals surface area contributed by atoms with E-state index in [1.165, 1.54) is 5.01 Å². The zero-order valence-corrected chi connectivity index (χ0v) is 15.6. The molecule has 2 aromatic rings. The molecule has 0 aromatic carbocycles. The van der Waals surface area contributed by atoms with E-state index in [-0.39, 0.29) is 0 Å². The first-order chi connectivity index (χ1) is 11.7. The molecule has 0 spiro atoms. The Hall–Kier alpha value is -1.53. The van der Waals surface area contributed by atoms with Gasteiger partial charge in [-0.1, -0.05) is 6.92 Å². The summed E-state index contributed by atoms with van der Waals surface area (Å²) < 4.78 is 0. The molecule has 130 valence electrons. The zero-order valence-electron chi connectivity index (χ0n) is 14.8. The SMILES string of the molecule is CCCc1nc(C)cc(N2CCC(NC(C)c3nccs3)CC2)n1. The van der Waals surface area contributed by atoms with Gasteiger partial charge < -0.3 is 10.2 Å². The Morgan fingerprint density at radius 2 is 2.12 bits per heavy atom. The van der Waals surface area contributed by atoms with E-state index in [9.17, 15) is 0 Å². The highest BCUT2D eigenvalue weighted by atomic mass is 32.1. The number of rotatable bonds is 6. The van der Waals surface area contributed by atoms with Gasteiger partial charge in [0.2, 0.25) is 0 Å². The maximum Gasteiger partial charge on any atom is 0.132 e. The van der Waals surface area contributed by atoms with Crippen LogP contribution in [-0.4, -0.2) is 34.1 Å². The molecule has 1 N–H and O–H groups in total. The minimum absolute atomic E-state index is 0.332. The average Bonchev–Trinajstić information content (AvgIpc) is 3.10. The second-order valence-electron chi connectivity index (χ2n) is 6.55. The summed E-state index contributed by atoms with van der Waals surface area (Å²) >= 11 is 1.72. The van der Waals surface area contributed by atoms with E-state index < -0.39 is 0 Å². The molecule has 6 heteroatoms. The Bertz CT molecular complexity index is 635. The first-order valence-corrected chi connectivity index (χ1v) is 9.78. The number of aromatic nitrogens is 3. The molecule has 5 nitrogen and oxygen atoms in total. The van der Waals surface area contributed by atoms with Gasteiger partial charge in [0.15, 0.2) is 0 Å². The lowest BCUT2D eigenvalue weighted by Gasteiger charge is -2.34. The third-order valence-corrected chi connectivity index (χ3v) is 5.45. The molecule has 0 saturated carbocycles. The molecule has 1 aliphatic rings. The van der Waals surface area contributed by atoms with E-state index in [0.717, 1.165) is 56.1 Å². The average molecular weight is 346 g/mol. The van der Waals surface area contributed by atoms with Gasteiger partial charge in [-0.2, -0.15) is 0 Å². The van der Waals surface area contributed by atoms with Crippen molar-refractivity contribution in [3.05, 3.63) is 34.2 Å². The summed E-state index contributed by atoms with van der Waals surface area (Å²) in [5.74, 6) is 2.07. The van der Waals surface area contributed by atoms with E-state index in [4.69, 9.17) is 4.98 Å². The summed E-state index contributed by atoms with van der Waals surface area (Å²) in [5.41, 5.74) is 1.07. The highest BCUT2D eigenvalue weighted by Crippen LogP contribution is 2.22. The summed E-state index contributed by atoms with van der Waals surface area (Å²) in [6.07, 6.45) is 6.21. The standard InChI is InChI=1S/C18H27N5S/c1-4-5-16-20-13(2)12-17(22-16)23-9-6-15(7-10-23)21-14(3)18-19-8-11-24-18/h8,11-12,14-15,21H,4-7,9-10H2,1-3H3.